The Labute approximate surface area is 88.1 Å². The number of ether oxygens (including phenoxy) is 1. The highest BCUT2D eigenvalue weighted by Crippen LogP contribution is 2.27. The second kappa shape index (κ2) is 4.17. The summed E-state index contributed by atoms with van der Waals surface area (Å²) in [4.78, 5) is 13.6. The molecule has 0 radical (unpaired) electrons. The summed E-state index contributed by atoms with van der Waals surface area (Å²) in [5.74, 6) is 0.840. The highest BCUT2D eigenvalue weighted by molar-refractivity contribution is 5.89. The Hall–Kier alpha value is -1.77. The summed E-state index contributed by atoms with van der Waals surface area (Å²) < 4.78 is 5.49. The lowest BCUT2D eigenvalue weighted by Crippen LogP contribution is -1.91. The van der Waals surface area contributed by atoms with Gasteiger partial charge in [-0.15, -0.1) is 0 Å². The molecule has 0 aliphatic rings. The SMILES string of the molecule is CCOc1cccc2c(CC=O)c[nH]c12. The molecule has 0 unspecified atom stereocenters. The van der Waals surface area contributed by atoms with E-state index in [9.17, 15) is 4.79 Å². The highest BCUT2D eigenvalue weighted by atomic mass is 16.5. The second-order valence-electron chi connectivity index (χ2n) is 3.30. The van der Waals surface area contributed by atoms with Crippen molar-refractivity contribution in [1.82, 2.24) is 4.98 Å². The molecule has 0 aliphatic heterocycles. The Balaban J connectivity index is 2.52. The molecule has 2 rings (SSSR count). The summed E-state index contributed by atoms with van der Waals surface area (Å²) in [5.41, 5.74) is 1.98. The zero-order chi connectivity index (χ0) is 10.7. The van der Waals surface area contributed by atoms with Crippen LogP contribution in [0.15, 0.2) is 24.4 Å². The predicted molar refractivity (Wildman–Crippen MR) is 59.2 cm³/mol. The van der Waals surface area contributed by atoms with Gasteiger partial charge < -0.3 is 14.5 Å². The van der Waals surface area contributed by atoms with Crippen molar-refractivity contribution >= 4 is 17.2 Å². The fourth-order valence-corrected chi connectivity index (χ4v) is 1.72. The van der Waals surface area contributed by atoms with Gasteiger partial charge in [0.05, 0.1) is 12.1 Å². The standard InChI is InChI=1S/C12H13NO2/c1-2-15-11-5-3-4-10-9(6-7-14)8-13-12(10)11/h3-5,7-8,13H,2,6H2,1H3. The maximum Gasteiger partial charge on any atom is 0.143 e. The molecule has 0 saturated heterocycles. The van der Waals surface area contributed by atoms with Gasteiger partial charge in [0.15, 0.2) is 0 Å². The monoisotopic (exact) mass is 203 g/mol. The number of hydrogen-bond donors (Lipinski definition) is 1. The van der Waals surface area contributed by atoms with Crippen LogP contribution in [0.1, 0.15) is 12.5 Å². The fraction of sp³-hybridized carbons (Fsp3) is 0.250. The van der Waals surface area contributed by atoms with Crippen molar-refractivity contribution < 1.29 is 9.53 Å². The molecule has 0 spiro atoms. The smallest absolute Gasteiger partial charge is 0.143 e. The molecule has 0 amide bonds. The van der Waals surface area contributed by atoms with Crippen LogP contribution in [0.25, 0.3) is 10.9 Å². The van der Waals surface area contributed by atoms with Gasteiger partial charge in [-0.25, -0.2) is 0 Å². The predicted octanol–water partition coefficient (Wildman–Crippen LogP) is 2.31. The number of para-hydroxylation sites is 1. The van der Waals surface area contributed by atoms with E-state index < -0.39 is 0 Å². The number of aromatic amines is 1. The summed E-state index contributed by atoms with van der Waals surface area (Å²) in [6.45, 7) is 2.59. The minimum Gasteiger partial charge on any atom is -0.492 e. The van der Waals surface area contributed by atoms with Crippen molar-refractivity contribution in [3.05, 3.63) is 30.0 Å². The first-order chi connectivity index (χ1) is 7.36. The van der Waals surface area contributed by atoms with Gasteiger partial charge in [0.1, 0.15) is 12.0 Å². The molecule has 0 aliphatic carbocycles. The highest BCUT2D eigenvalue weighted by Gasteiger charge is 2.06. The van der Waals surface area contributed by atoms with Crippen molar-refractivity contribution in [2.24, 2.45) is 0 Å². The molecule has 78 valence electrons. The Morgan fingerprint density at radius 3 is 3.07 bits per heavy atom. The number of hydrogen-bond acceptors (Lipinski definition) is 2. The molecule has 0 atom stereocenters. The zero-order valence-electron chi connectivity index (χ0n) is 8.62. The zero-order valence-corrected chi connectivity index (χ0v) is 8.62. The average molecular weight is 203 g/mol. The van der Waals surface area contributed by atoms with E-state index in [1.54, 1.807) is 0 Å². The van der Waals surface area contributed by atoms with Crippen LogP contribution in [0.5, 0.6) is 5.75 Å². The quantitative estimate of drug-likeness (QED) is 0.775. The van der Waals surface area contributed by atoms with E-state index in [0.29, 0.717) is 13.0 Å². The molecular formula is C12H13NO2. The third kappa shape index (κ3) is 1.73. The van der Waals surface area contributed by atoms with Crippen molar-refractivity contribution in [3.63, 3.8) is 0 Å². The lowest BCUT2D eigenvalue weighted by molar-refractivity contribution is -0.107. The molecule has 1 aromatic heterocycles. The first-order valence-electron chi connectivity index (χ1n) is 5.02. The molecule has 1 N–H and O–H groups in total. The number of aldehydes is 1. The molecule has 0 fully saturated rings. The van der Waals surface area contributed by atoms with Gasteiger partial charge in [-0.2, -0.15) is 0 Å². The maximum absolute atomic E-state index is 10.5. The second-order valence-corrected chi connectivity index (χ2v) is 3.30. The van der Waals surface area contributed by atoms with Crippen LogP contribution in [0.3, 0.4) is 0 Å². The largest absolute Gasteiger partial charge is 0.492 e. The summed E-state index contributed by atoms with van der Waals surface area (Å²) in [5, 5.41) is 1.06. The van der Waals surface area contributed by atoms with Crippen LogP contribution in [0.4, 0.5) is 0 Å². The Bertz CT molecular complexity index is 473. The molecular weight excluding hydrogens is 190 g/mol. The summed E-state index contributed by atoms with van der Waals surface area (Å²) in [6, 6.07) is 5.86. The van der Waals surface area contributed by atoms with E-state index in [0.717, 1.165) is 28.5 Å². The number of rotatable bonds is 4. The van der Waals surface area contributed by atoms with Crippen molar-refractivity contribution in [1.29, 1.82) is 0 Å². The molecule has 0 saturated carbocycles. The van der Waals surface area contributed by atoms with E-state index in [1.807, 2.05) is 31.3 Å². The number of carbonyl (C=O) groups excluding carboxylic acids is 1. The number of nitrogens with one attached hydrogen (secondary N) is 1. The van der Waals surface area contributed by atoms with Gasteiger partial charge in [0.25, 0.3) is 0 Å². The van der Waals surface area contributed by atoms with Gasteiger partial charge in [0.2, 0.25) is 0 Å². The van der Waals surface area contributed by atoms with Crippen LogP contribution in [-0.4, -0.2) is 17.9 Å². The van der Waals surface area contributed by atoms with E-state index in [2.05, 4.69) is 4.98 Å². The van der Waals surface area contributed by atoms with Gasteiger partial charge in [-0.3, -0.25) is 0 Å². The van der Waals surface area contributed by atoms with Crippen LogP contribution < -0.4 is 4.74 Å². The first-order valence-corrected chi connectivity index (χ1v) is 5.02. The van der Waals surface area contributed by atoms with Crippen LogP contribution in [0.2, 0.25) is 0 Å². The maximum atomic E-state index is 10.5. The third-order valence-corrected chi connectivity index (χ3v) is 2.37. The van der Waals surface area contributed by atoms with Crippen LogP contribution in [-0.2, 0) is 11.2 Å². The molecule has 1 heterocycles. The lowest BCUT2D eigenvalue weighted by Gasteiger charge is -2.03. The number of fused-ring (bicyclic) bond motifs is 1. The van der Waals surface area contributed by atoms with Gasteiger partial charge in [0, 0.05) is 18.0 Å². The molecule has 2 aromatic rings. The van der Waals surface area contributed by atoms with E-state index in [-0.39, 0.29) is 0 Å². The van der Waals surface area contributed by atoms with E-state index >= 15 is 0 Å². The van der Waals surface area contributed by atoms with E-state index in [1.165, 1.54) is 0 Å². The normalized spacial score (nSPS) is 10.5. The van der Waals surface area contributed by atoms with Gasteiger partial charge >= 0.3 is 0 Å². The number of benzene rings is 1. The molecule has 15 heavy (non-hydrogen) atoms. The Morgan fingerprint density at radius 2 is 2.33 bits per heavy atom. The van der Waals surface area contributed by atoms with Crippen molar-refractivity contribution in [2.45, 2.75) is 13.3 Å². The van der Waals surface area contributed by atoms with Crippen molar-refractivity contribution in [3.8, 4) is 5.75 Å². The Kier molecular flexibility index (Phi) is 2.72. The van der Waals surface area contributed by atoms with Crippen LogP contribution >= 0.6 is 0 Å². The molecule has 1 aromatic carbocycles. The van der Waals surface area contributed by atoms with Gasteiger partial charge in [-0.1, -0.05) is 12.1 Å². The van der Waals surface area contributed by atoms with Gasteiger partial charge in [-0.05, 0) is 18.6 Å². The first kappa shape index (κ1) is 9.77. The average Bonchev–Trinajstić information content (AvgIpc) is 2.64. The summed E-state index contributed by atoms with van der Waals surface area (Å²) in [7, 11) is 0. The van der Waals surface area contributed by atoms with E-state index in [4.69, 9.17) is 4.74 Å². The number of H-pyrrole nitrogens is 1. The fourth-order valence-electron chi connectivity index (χ4n) is 1.72. The Morgan fingerprint density at radius 1 is 1.47 bits per heavy atom. The number of aromatic nitrogens is 1. The lowest BCUT2D eigenvalue weighted by atomic mass is 10.1. The number of carbonyl (C=O) groups is 1. The summed E-state index contributed by atoms with van der Waals surface area (Å²) in [6.07, 6.45) is 3.22. The summed E-state index contributed by atoms with van der Waals surface area (Å²) >= 11 is 0. The minimum absolute atomic E-state index is 0.440. The molecule has 0 bridgehead atoms. The van der Waals surface area contributed by atoms with Crippen LogP contribution in [0, 0.1) is 0 Å². The topological polar surface area (TPSA) is 42.1 Å². The molecule has 3 heteroatoms. The van der Waals surface area contributed by atoms with Crippen molar-refractivity contribution in [2.75, 3.05) is 6.61 Å². The third-order valence-electron chi connectivity index (χ3n) is 2.37. The minimum atomic E-state index is 0.440. The molecule has 3 nitrogen and oxygen atoms in total.